The smallest absolute Gasteiger partial charge is 0.272 e. The molecule has 3 nitrogen and oxygen atoms in total. The van der Waals surface area contributed by atoms with E-state index >= 15 is 0 Å². The molecule has 1 aromatic carbocycles. The molecule has 0 saturated carbocycles. The molecule has 0 unspecified atom stereocenters. The molecule has 0 spiro atoms. The molecule has 0 aliphatic heterocycles. The fourth-order valence-corrected chi connectivity index (χ4v) is 2.03. The zero-order valence-electron chi connectivity index (χ0n) is 9.47. The van der Waals surface area contributed by atoms with Crippen molar-refractivity contribution in [1.82, 2.24) is 9.38 Å². The van der Waals surface area contributed by atoms with E-state index in [1.807, 2.05) is 60.1 Å². The Hall–Kier alpha value is -2.29. The summed E-state index contributed by atoms with van der Waals surface area (Å²) in [6.07, 6.45) is 3.90. The Labute approximate surface area is 98.4 Å². The lowest BCUT2D eigenvalue weighted by molar-refractivity contribution is 1.11. The highest BCUT2D eigenvalue weighted by molar-refractivity contribution is 5.60. The van der Waals surface area contributed by atoms with E-state index in [1.165, 1.54) is 0 Å². The largest absolute Gasteiger partial charge is 0.319 e. The first-order chi connectivity index (χ1) is 8.24. The number of benzene rings is 1. The maximum absolute atomic E-state index is 11.9. The molecule has 0 aliphatic carbocycles. The first-order valence-electron chi connectivity index (χ1n) is 5.51. The Morgan fingerprint density at radius 2 is 1.88 bits per heavy atom. The van der Waals surface area contributed by atoms with Crippen LogP contribution in [0.15, 0.2) is 53.6 Å². The summed E-state index contributed by atoms with van der Waals surface area (Å²) in [5.41, 5.74) is 3.55. The number of fused-ring (bicyclic) bond motifs is 1. The molecule has 84 valence electrons. The number of aromatic amines is 1. The van der Waals surface area contributed by atoms with Crippen LogP contribution in [0, 0.1) is 6.92 Å². The van der Waals surface area contributed by atoms with Gasteiger partial charge in [0, 0.05) is 12.4 Å². The Kier molecular flexibility index (Phi) is 2.11. The van der Waals surface area contributed by atoms with Gasteiger partial charge in [-0.05, 0) is 24.1 Å². The van der Waals surface area contributed by atoms with Crippen LogP contribution < -0.4 is 5.56 Å². The number of hydrogen-bond donors (Lipinski definition) is 1. The van der Waals surface area contributed by atoms with Crippen LogP contribution in [0.5, 0.6) is 0 Å². The van der Waals surface area contributed by atoms with Crippen molar-refractivity contribution in [3.63, 3.8) is 0 Å². The highest BCUT2D eigenvalue weighted by Gasteiger charge is 2.04. The normalized spacial score (nSPS) is 10.9. The van der Waals surface area contributed by atoms with Gasteiger partial charge in [-0.25, -0.2) is 0 Å². The summed E-state index contributed by atoms with van der Waals surface area (Å²) in [4.78, 5) is 14.8. The van der Waals surface area contributed by atoms with Gasteiger partial charge >= 0.3 is 0 Å². The first-order valence-corrected chi connectivity index (χ1v) is 5.51. The van der Waals surface area contributed by atoms with Crippen molar-refractivity contribution in [2.75, 3.05) is 0 Å². The van der Waals surface area contributed by atoms with Crippen molar-refractivity contribution >= 4 is 5.52 Å². The molecule has 0 bridgehead atoms. The summed E-state index contributed by atoms with van der Waals surface area (Å²) < 4.78 is 1.87. The summed E-state index contributed by atoms with van der Waals surface area (Å²) in [6.45, 7) is 1.98. The Morgan fingerprint density at radius 1 is 1.12 bits per heavy atom. The number of nitrogens with zero attached hydrogens (tertiary/aromatic N) is 1. The highest BCUT2D eigenvalue weighted by atomic mass is 16.1. The average Bonchev–Trinajstić information content (AvgIpc) is 2.71. The molecule has 2 aromatic heterocycles. The minimum Gasteiger partial charge on any atom is -0.319 e. The Balaban J connectivity index is 2.29. The summed E-state index contributed by atoms with van der Waals surface area (Å²) in [5.74, 6) is 0. The summed E-state index contributed by atoms with van der Waals surface area (Å²) in [7, 11) is 0. The van der Waals surface area contributed by atoms with Gasteiger partial charge in [-0.15, -0.1) is 0 Å². The molecule has 3 aromatic rings. The molecular formula is C14H12N2O. The van der Waals surface area contributed by atoms with Crippen molar-refractivity contribution in [3.8, 4) is 11.3 Å². The summed E-state index contributed by atoms with van der Waals surface area (Å²) >= 11 is 0. The molecule has 3 rings (SSSR count). The Morgan fingerprint density at radius 3 is 2.65 bits per heavy atom. The second kappa shape index (κ2) is 3.63. The van der Waals surface area contributed by atoms with Crippen molar-refractivity contribution in [1.29, 1.82) is 0 Å². The lowest BCUT2D eigenvalue weighted by atomic mass is 10.2. The third kappa shape index (κ3) is 1.65. The van der Waals surface area contributed by atoms with Crippen LogP contribution in [-0.2, 0) is 0 Å². The van der Waals surface area contributed by atoms with Gasteiger partial charge in [0.15, 0.2) is 0 Å². The third-order valence-corrected chi connectivity index (χ3v) is 2.82. The van der Waals surface area contributed by atoms with Crippen LogP contribution in [0.4, 0.5) is 0 Å². The van der Waals surface area contributed by atoms with E-state index in [4.69, 9.17) is 0 Å². The van der Waals surface area contributed by atoms with Crippen molar-refractivity contribution in [2.45, 2.75) is 6.92 Å². The molecule has 2 heterocycles. The molecule has 0 amide bonds. The van der Waals surface area contributed by atoms with Gasteiger partial charge in [0.25, 0.3) is 5.56 Å². The third-order valence-electron chi connectivity index (χ3n) is 2.82. The number of aromatic nitrogens is 2. The number of hydrogen-bond acceptors (Lipinski definition) is 1. The highest BCUT2D eigenvalue weighted by Crippen LogP contribution is 2.15. The first kappa shape index (κ1) is 9.90. The molecule has 3 heteroatoms. The number of rotatable bonds is 1. The molecular weight excluding hydrogens is 212 g/mol. The van der Waals surface area contributed by atoms with Crippen LogP contribution in [0.1, 0.15) is 5.56 Å². The van der Waals surface area contributed by atoms with Crippen LogP contribution >= 0.6 is 0 Å². The molecule has 0 atom stereocenters. The maximum Gasteiger partial charge on any atom is 0.272 e. The van der Waals surface area contributed by atoms with Gasteiger partial charge in [-0.3, -0.25) is 4.79 Å². The van der Waals surface area contributed by atoms with E-state index in [0.29, 0.717) is 5.52 Å². The van der Waals surface area contributed by atoms with Crippen molar-refractivity contribution < 1.29 is 0 Å². The topological polar surface area (TPSA) is 37.3 Å². The van der Waals surface area contributed by atoms with Gasteiger partial charge < -0.3 is 9.38 Å². The maximum atomic E-state index is 11.9. The summed E-state index contributed by atoms with van der Waals surface area (Å²) in [5, 5.41) is 0. The summed E-state index contributed by atoms with van der Waals surface area (Å²) in [6, 6.07) is 11.7. The van der Waals surface area contributed by atoms with Gasteiger partial charge in [-0.2, -0.15) is 0 Å². The van der Waals surface area contributed by atoms with Crippen LogP contribution in [-0.4, -0.2) is 9.38 Å². The number of H-pyrrole nitrogens is 1. The average molecular weight is 224 g/mol. The van der Waals surface area contributed by atoms with E-state index in [2.05, 4.69) is 4.98 Å². The standard InChI is InChI=1S/C14H12N2O/c1-10-7-13-14(17)15-12(9-16(13)8-10)11-5-3-2-4-6-11/h2-9H,1H3,(H,15,17). The minimum absolute atomic E-state index is 0.0561. The lowest BCUT2D eigenvalue weighted by Crippen LogP contribution is -2.09. The van der Waals surface area contributed by atoms with Gasteiger partial charge in [0.2, 0.25) is 0 Å². The molecule has 0 radical (unpaired) electrons. The predicted octanol–water partition coefficient (Wildman–Crippen LogP) is 2.60. The molecule has 17 heavy (non-hydrogen) atoms. The fourth-order valence-electron chi connectivity index (χ4n) is 2.03. The van der Waals surface area contributed by atoms with Gasteiger partial charge in [0.1, 0.15) is 5.52 Å². The van der Waals surface area contributed by atoms with Crippen LogP contribution in [0.3, 0.4) is 0 Å². The molecule has 0 saturated heterocycles. The number of nitrogens with one attached hydrogen (secondary N) is 1. The molecule has 0 fully saturated rings. The quantitative estimate of drug-likeness (QED) is 0.677. The Bertz CT molecular complexity index is 723. The van der Waals surface area contributed by atoms with E-state index in [0.717, 1.165) is 16.8 Å². The van der Waals surface area contributed by atoms with Crippen molar-refractivity contribution in [3.05, 3.63) is 64.7 Å². The second-order valence-corrected chi connectivity index (χ2v) is 4.17. The zero-order valence-corrected chi connectivity index (χ0v) is 9.47. The minimum atomic E-state index is -0.0561. The predicted molar refractivity (Wildman–Crippen MR) is 68.2 cm³/mol. The van der Waals surface area contributed by atoms with E-state index in [-0.39, 0.29) is 5.56 Å². The lowest BCUT2D eigenvalue weighted by Gasteiger charge is -2.02. The van der Waals surface area contributed by atoms with Crippen molar-refractivity contribution in [2.24, 2.45) is 0 Å². The SMILES string of the molecule is Cc1cc2c(=O)[nH]c(-c3ccccc3)cn2c1. The monoisotopic (exact) mass is 224 g/mol. The van der Waals surface area contributed by atoms with Gasteiger partial charge in [0.05, 0.1) is 5.69 Å². The second-order valence-electron chi connectivity index (χ2n) is 4.17. The van der Waals surface area contributed by atoms with Gasteiger partial charge in [-0.1, -0.05) is 30.3 Å². The number of aryl methyl sites for hydroxylation is 1. The fraction of sp³-hybridized carbons (Fsp3) is 0.0714. The van der Waals surface area contributed by atoms with E-state index in [9.17, 15) is 4.79 Å². The molecule has 0 aliphatic rings. The van der Waals surface area contributed by atoms with Crippen LogP contribution in [0.25, 0.3) is 16.8 Å². The van der Waals surface area contributed by atoms with E-state index in [1.54, 1.807) is 0 Å². The molecule has 1 N–H and O–H groups in total. The van der Waals surface area contributed by atoms with Crippen LogP contribution in [0.2, 0.25) is 0 Å². The van der Waals surface area contributed by atoms with E-state index < -0.39 is 0 Å². The zero-order chi connectivity index (χ0) is 11.8.